The van der Waals surface area contributed by atoms with Crippen molar-refractivity contribution in [3.8, 4) is 5.75 Å². The van der Waals surface area contributed by atoms with Gasteiger partial charge in [0.1, 0.15) is 18.3 Å². The standard InChI is InChI=1S/C29H34N2O4/c1-18-25(28(33)35-17-19-7-13-22(34-6)14-8-19)26(20-9-11-21(12-10-20)31(4)5)27-23(30-18)15-29(2,3)16-24(27)32/h7-14,25-26H,15-17H2,1-6H3/t25?,26-/m0/s1. The van der Waals surface area contributed by atoms with E-state index in [2.05, 4.69) is 13.8 Å². The molecule has 4 rings (SSSR count). The zero-order valence-electron chi connectivity index (χ0n) is 21.4. The van der Waals surface area contributed by atoms with Crippen molar-refractivity contribution in [1.29, 1.82) is 0 Å². The lowest BCUT2D eigenvalue weighted by atomic mass is 9.67. The van der Waals surface area contributed by atoms with Crippen LogP contribution in [-0.2, 0) is 20.9 Å². The maximum absolute atomic E-state index is 13.5. The van der Waals surface area contributed by atoms with E-state index in [1.54, 1.807) is 7.11 Å². The molecule has 0 amide bonds. The van der Waals surface area contributed by atoms with E-state index in [-0.39, 0.29) is 23.8 Å². The number of methoxy groups -OCH3 is 1. The topological polar surface area (TPSA) is 68.2 Å². The minimum atomic E-state index is -0.651. The summed E-state index contributed by atoms with van der Waals surface area (Å²) in [5.74, 6) is -0.613. The third-order valence-electron chi connectivity index (χ3n) is 6.86. The van der Waals surface area contributed by atoms with Crippen molar-refractivity contribution in [2.45, 2.75) is 46.1 Å². The molecule has 2 aromatic rings. The number of hydrogen-bond donors (Lipinski definition) is 0. The molecule has 0 bridgehead atoms. The summed E-state index contributed by atoms with van der Waals surface area (Å²) in [4.78, 5) is 33.7. The number of nitrogens with zero attached hydrogens (tertiary/aromatic N) is 2. The Bertz CT molecular complexity index is 1170. The Morgan fingerprint density at radius 3 is 2.31 bits per heavy atom. The maximum atomic E-state index is 13.5. The number of anilines is 1. The second-order valence-corrected chi connectivity index (χ2v) is 10.5. The summed E-state index contributed by atoms with van der Waals surface area (Å²) in [6.45, 7) is 6.20. The van der Waals surface area contributed by atoms with Crippen molar-refractivity contribution in [3.63, 3.8) is 0 Å². The van der Waals surface area contributed by atoms with Crippen LogP contribution in [0.25, 0.3) is 0 Å². The van der Waals surface area contributed by atoms with Gasteiger partial charge >= 0.3 is 5.97 Å². The third kappa shape index (κ3) is 5.16. The van der Waals surface area contributed by atoms with Crippen LogP contribution in [0.4, 0.5) is 5.69 Å². The highest BCUT2D eigenvalue weighted by molar-refractivity contribution is 6.09. The Hall–Kier alpha value is -3.41. The summed E-state index contributed by atoms with van der Waals surface area (Å²) in [6, 6.07) is 15.5. The summed E-state index contributed by atoms with van der Waals surface area (Å²) in [5, 5.41) is 0. The van der Waals surface area contributed by atoms with Gasteiger partial charge in [0.05, 0.1) is 7.11 Å². The Balaban J connectivity index is 1.68. The molecular formula is C29H34N2O4. The predicted octanol–water partition coefficient (Wildman–Crippen LogP) is 5.32. The molecule has 35 heavy (non-hydrogen) atoms. The zero-order chi connectivity index (χ0) is 25.3. The van der Waals surface area contributed by atoms with E-state index in [9.17, 15) is 9.59 Å². The van der Waals surface area contributed by atoms with Gasteiger partial charge in [0.15, 0.2) is 5.78 Å². The number of ether oxygens (including phenoxy) is 2. The Kier molecular flexibility index (Phi) is 6.84. The minimum absolute atomic E-state index is 0.0714. The summed E-state index contributed by atoms with van der Waals surface area (Å²) in [7, 11) is 5.58. The van der Waals surface area contributed by atoms with Gasteiger partial charge < -0.3 is 14.4 Å². The molecular weight excluding hydrogens is 440 g/mol. The largest absolute Gasteiger partial charge is 0.497 e. The van der Waals surface area contributed by atoms with Crippen LogP contribution < -0.4 is 9.64 Å². The Morgan fingerprint density at radius 2 is 1.71 bits per heavy atom. The SMILES string of the molecule is COc1ccc(COC(=O)C2C(C)=NC3=C(C(=O)CC(C)(C)C3)[C@H]2c2ccc(N(C)C)cc2)cc1. The number of Topliss-reactive ketones (excluding diaryl/α,β-unsaturated/α-hetero) is 1. The van der Waals surface area contributed by atoms with Crippen LogP contribution in [-0.4, -0.2) is 38.7 Å². The molecule has 6 heteroatoms. The fraction of sp³-hybridized carbons (Fsp3) is 0.414. The van der Waals surface area contributed by atoms with E-state index in [4.69, 9.17) is 14.5 Å². The highest BCUT2D eigenvalue weighted by atomic mass is 16.5. The van der Waals surface area contributed by atoms with E-state index < -0.39 is 11.8 Å². The summed E-state index contributed by atoms with van der Waals surface area (Å²) < 4.78 is 11.0. The number of carbonyl (C=O) groups is 2. The molecule has 0 saturated heterocycles. The lowest BCUT2D eigenvalue weighted by molar-refractivity contribution is -0.148. The molecule has 2 atom stereocenters. The normalized spacial score (nSPS) is 21.2. The van der Waals surface area contributed by atoms with E-state index in [1.165, 1.54) is 0 Å². The average molecular weight is 475 g/mol. The Morgan fingerprint density at radius 1 is 1.06 bits per heavy atom. The molecule has 0 fully saturated rings. The zero-order valence-corrected chi connectivity index (χ0v) is 21.4. The predicted molar refractivity (Wildman–Crippen MR) is 138 cm³/mol. The fourth-order valence-electron chi connectivity index (χ4n) is 5.06. The molecule has 0 aromatic heterocycles. The maximum Gasteiger partial charge on any atom is 0.315 e. The van der Waals surface area contributed by atoms with Crippen LogP contribution in [0, 0.1) is 11.3 Å². The number of carbonyl (C=O) groups excluding carboxylic acids is 2. The van der Waals surface area contributed by atoms with Gasteiger partial charge in [0.2, 0.25) is 0 Å². The Labute approximate surface area is 207 Å². The monoisotopic (exact) mass is 474 g/mol. The van der Waals surface area contributed by atoms with Gasteiger partial charge in [0, 0.05) is 49.1 Å². The molecule has 0 N–H and O–H groups in total. The van der Waals surface area contributed by atoms with Crippen LogP contribution in [0.2, 0.25) is 0 Å². The highest BCUT2D eigenvalue weighted by Crippen LogP contribution is 2.48. The van der Waals surface area contributed by atoms with Gasteiger partial charge in [-0.15, -0.1) is 0 Å². The first-order chi connectivity index (χ1) is 16.6. The number of aliphatic imine (C=N–C) groups is 1. The molecule has 2 aliphatic rings. The summed E-state index contributed by atoms with van der Waals surface area (Å²) in [6.07, 6.45) is 1.16. The van der Waals surface area contributed by atoms with E-state index in [0.29, 0.717) is 24.1 Å². The molecule has 2 aromatic carbocycles. The molecule has 1 heterocycles. The van der Waals surface area contributed by atoms with Gasteiger partial charge in [-0.2, -0.15) is 0 Å². The van der Waals surface area contributed by atoms with Crippen molar-refractivity contribution >= 4 is 23.2 Å². The molecule has 1 unspecified atom stereocenters. The number of benzene rings is 2. The van der Waals surface area contributed by atoms with Crippen LogP contribution in [0.1, 0.15) is 50.7 Å². The molecule has 0 radical (unpaired) electrons. The van der Waals surface area contributed by atoms with E-state index >= 15 is 0 Å². The highest BCUT2D eigenvalue weighted by Gasteiger charge is 2.46. The van der Waals surface area contributed by atoms with Crippen LogP contribution >= 0.6 is 0 Å². The summed E-state index contributed by atoms with van der Waals surface area (Å²) in [5.41, 5.74) is 4.86. The number of allylic oxidation sites excluding steroid dienone is 2. The van der Waals surface area contributed by atoms with Crippen molar-refractivity contribution < 1.29 is 19.1 Å². The van der Waals surface area contributed by atoms with E-state index in [0.717, 1.165) is 28.3 Å². The molecule has 0 spiro atoms. The molecule has 1 aliphatic heterocycles. The lowest BCUT2D eigenvalue weighted by Gasteiger charge is -2.39. The third-order valence-corrected chi connectivity index (χ3v) is 6.86. The van der Waals surface area contributed by atoms with Gasteiger partial charge in [-0.1, -0.05) is 38.1 Å². The van der Waals surface area contributed by atoms with Crippen LogP contribution in [0.15, 0.2) is 64.8 Å². The van der Waals surface area contributed by atoms with Crippen molar-refractivity contribution in [1.82, 2.24) is 0 Å². The minimum Gasteiger partial charge on any atom is -0.497 e. The van der Waals surface area contributed by atoms with Crippen LogP contribution in [0.3, 0.4) is 0 Å². The number of ketones is 1. The molecule has 6 nitrogen and oxygen atoms in total. The smallest absolute Gasteiger partial charge is 0.315 e. The molecule has 0 saturated carbocycles. The van der Waals surface area contributed by atoms with Crippen molar-refractivity contribution in [2.75, 3.05) is 26.1 Å². The second kappa shape index (κ2) is 9.68. The van der Waals surface area contributed by atoms with Gasteiger partial charge in [-0.3, -0.25) is 14.6 Å². The average Bonchev–Trinajstić information content (AvgIpc) is 2.81. The number of rotatable bonds is 6. The van der Waals surface area contributed by atoms with E-state index in [1.807, 2.05) is 74.4 Å². The van der Waals surface area contributed by atoms with Crippen molar-refractivity contribution in [2.24, 2.45) is 16.3 Å². The van der Waals surface area contributed by atoms with Gasteiger partial charge in [0.25, 0.3) is 0 Å². The first kappa shape index (κ1) is 24.7. The fourth-order valence-corrected chi connectivity index (χ4v) is 5.06. The number of esters is 1. The second-order valence-electron chi connectivity index (χ2n) is 10.5. The number of hydrogen-bond acceptors (Lipinski definition) is 6. The van der Waals surface area contributed by atoms with Gasteiger partial charge in [-0.05, 0) is 54.2 Å². The van der Waals surface area contributed by atoms with Gasteiger partial charge in [-0.25, -0.2) is 0 Å². The van der Waals surface area contributed by atoms with Crippen molar-refractivity contribution in [3.05, 3.63) is 70.9 Å². The lowest BCUT2D eigenvalue weighted by Crippen LogP contribution is -2.39. The quantitative estimate of drug-likeness (QED) is 0.530. The summed E-state index contributed by atoms with van der Waals surface area (Å²) >= 11 is 0. The van der Waals surface area contributed by atoms with Crippen LogP contribution in [0.5, 0.6) is 5.75 Å². The molecule has 184 valence electrons. The first-order valence-corrected chi connectivity index (χ1v) is 12.0. The molecule has 1 aliphatic carbocycles. The first-order valence-electron chi connectivity index (χ1n) is 12.0.